The van der Waals surface area contributed by atoms with Crippen molar-refractivity contribution in [1.82, 2.24) is 19.2 Å². The molecule has 4 heterocycles. The number of nitrogens with zero attached hydrogens (tertiary/aromatic N) is 5. The highest BCUT2D eigenvalue weighted by Crippen LogP contribution is 2.33. The Labute approximate surface area is 190 Å². The van der Waals surface area contributed by atoms with Crippen LogP contribution in [0.4, 0.5) is 5.82 Å². The Morgan fingerprint density at radius 1 is 1.23 bits per heavy atom. The van der Waals surface area contributed by atoms with Crippen molar-refractivity contribution in [2.75, 3.05) is 58.4 Å². The summed E-state index contributed by atoms with van der Waals surface area (Å²) in [5.74, 6) is 0.411. The van der Waals surface area contributed by atoms with Gasteiger partial charge in [-0.05, 0) is 31.7 Å². The van der Waals surface area contributed by atoms with Crippen LogP contribution in [-0.2, 0) is 9.53 Å². The lowest BCUT2D eigenvalue weighted by atomic mass is 10.2. The molecule has 2 fully saturated rings. The van der Waals surface area contributed by atoms with Gasteiger partial charge in [-0.1, -0.05) is 30.0 Å². The Morgan fingerprint density at radius 3 is 2.68 bits per heavy atom. The van der Waals surface area contributed by atoms with Crippen LogP contribution in [0.5, 0.6) is 0 Å². The summed E-state index contributed by atoms with van der Waals surface area (Å²) in [6.45, 7) is 6.01. The summed E-state index contributed by atoms with van der Waals surface area (Å²) in [4.78, 5) is 37.6. The van der Waals surface area contributed by atoms with Gasteiger partial charge in [0, 0.05) is 39.5 Å². The molecule has 2 aliphatic heterocycles. The maximum Gasteiger partial charge on any atom is 0.267 e. The monoisotopic (exact) mass is 459 g/mol. The van der Waals surface area contributed by atoms with Crippen molar-refractivity contribution in [3.8, 4) is 0 Å². The minimum Gasteiger partial charge on any atom is -0.383 e. The zero-order valence-corrected chi connectivity index (χ0v) is 19.5. The van der Waals surface area contributed by atoms with E-state index in [9.17, 15) is 9.59 Å². The van der Waals surface area contributed by atoms with E-state index in [0.717, 1.165) is 31.7 Å². The van der Waals surface area contributed by atoms with Gasteiger partial charge in [-0.2, -0.15) is 0 Å². The van der Waals surface area contributed by atoms with Gasteiger partial charge < -0.3 is 14.5 Å². The van der Waals surface area contributed by atoms with Crippen LogP contribution >= 0.6 is 24.0 Å². The average molecular weight is 460 g/mol. The third-order valence-corrected chi connectivity index (χ3v) is 6.83. The van der Waals surface area contributed by atoms with E-state index in [0.29, 0.717) is 39.4 Å². The molecular formula is C21H25N5O3S2. The molecule has 0 unspecified atom stereocenters. The van der Waals surface area contributed by atoms with Gasteiger partial charge in [-0.15, -0.1) is 0 Å². The molecule has 0 aromatic carbocycles. The second kappa shape index (κ2) is 9.07. The van der Waals surface area contributed by atoms with Gasteiger partial charge in [0.1, 0.15) is 15.8 Å². The quantitative estimate of drug-likeness (QED) is 0.493. The molecule has 0 radical (unpaired) electrons. The maximum absolute atomic E-state index is 13.5. The van der Waals surface area contributed by atoms with Gasteiger partial charge in [0.25, 0.3) is 11.5 Å². The summed E-state index contributed by atoms with van der Waals surface area (Å²) < 4.78 is 7.10. The van der Waals surface area contributed by atoms with E-state index in [2.05, 4.69) is 16.8 Å². The van der Waals surface area contributed by atoms with Crippen LogP contribution in [0.2, 0.25) is 0 Å². The van der Waals surface area contributed by atoms with Crippen LogP contribution in [0.25, 0.3) is 11.7 Å². The predicted molar refractivity (Wildman–Crippen MR) is 128 cm³/mol. The van der Waals surface area contributed by atoms with Crippen molar-refractivity contribution < 1.29 is 9.53 Å². The molecule has 2 aromatic heterocycles. The molecule has 0 bridgehead atoms. The normalized spacial score (nSPS) is 19.3. The molecule has 31 heavy (non-hydrogen) atoms. The van der Waals surface area contributed by atoms with Crippen molar-refractivity contribution in [1.29, 1.82) is 0 Å². The number of rotatable bonds is 5. The van der Waals surface area contributed by atoms with Crippen LogP contribution < -0.4 is 10.5 Å². The number of thioether (sulfide) groups is 1. The largest absolute Gasteiger partial charge is 0.383 e. The number of hydrogen-bond acceptors (Lipinski definition) is 8. The number of likely N-dealkylation sites (N-methyl/N-ethyl adjacent to an activating group) is 1. The number of aryl methyl sites for hydroxylation is 1. The van der Waals surface area contributed by atoms with Crippen LogP contribution in [0.15, 0.2) is 28.0 Å². The molecule has 0 spiro atoms. The number of amides is 1. The standard InChI is InChI=1S/C21H25N5O3S2/c1-14-4-5-17-22-18(24-8-6-23(2)7-9-24)15(19(27)26(17)13-14)12-16-20(28)25(10-11-29-3)21(30)31-16/h4-5,12-13H,6-11H2,1-3H3/b16-12+. The number of carbonyl (C=O) groups is 1. The molecule has 8 nitrogen and oxygen atoms in total. The Kier molecular flexibility index (Phi) is 6.42. The first kappa shape index (κ1) is 21.9. The Balaban J connectivity index is 1.82. The van der Waals surface area contributed by atoms with E-state index >= 15 is 0 Å². The number of thiocarbonyl (C=S) groups is 1. The predicted octanol–water partition coefficient (Wildman–Crippen LogP) is 1.60. The fourth-order valence-electron chi connectivity index (χ4n) is 3.64. The molecule has 2 saturated heterocycles. The first-order valence-corrected chi connectivity index (χ1v) is 11.3. The van der Waals surface area contributed by atoms with Crippen molar-refractivity contribution in [3.05, 3.63) is 44.7 Å². The Hall–Kier alpha value is -2.27. The number of methoxy groups -OCH3 is 1. The van der Waals surface area contributed by atoms with Crippen LogP contribution in [0.3, 0.4) is 0 Å². The van der Waals surface area contributed by atoms with E-state index in [-0.39, 0.29) is 11.5 Å². The third-order valence-electron chi connectivity index (χ3n) is 5.46. The first-order valence-electron chi connectivity index (χ1n) is 10.1. The number of aromatic nitrogens is 2. The van der Waals surface area contributed by atoms with E-state index in [4.69, 9.17) is 21.9 Å². The summed E-state index contributed by atoms with van der Waals surface area (Å²) in [6, 6.07) is 3.79. The number of piperazine rings is 1. The Bertz CT molecular complexity index is 1120. The molecule has 2 aromatic rings. The van der Waals surface area contributed by atoms with Crippen LogP contribution in [0.1, 0.15) is 11.1 Å². The number of hydrogen-bond donors (Lipinski definition) is 0. The molecule has 0 atom stereocenters. The van der Waals surface area contributed by atoms with Crippen LogP contribution in [0, 0.1) is 6.92 Å². The van der Waals surface area contributed by atoms with E-state index < -0.39 is 0 Å². The van der Waals surface area contributed by atoms with Gasteiger partial charge in [-0.25, -0.2) is 4.98 Å². The van der Waals surface area contributed by atoms with Crippen molar-refractivity contribution in [2.24, 2.45) is 0 Å². The topological polar surface area (TPSA) is 70.4 Å². The fourth-order valence-corrected chi connectivity index (χ4v) is 4.93. The second-order valence-corrected chi connectivity index (χ2v) is 9.38. The third kappa shape index (κ3) is 4.38. The molecule has 2 aliphatic rings. The summed E-state index contributed by atoms with van der Waals surface area (Å²) in [6.07, 6.45) is 3.43. The molecular weight excluding hydrogens is 434 g/mol. The fraction of sp³-hybridized carbons (Fsp3) is 0.429. The lowest BCUT2D eigenvalue weighted by molar-refractivity contribution is -0.122. The number of carbonyl (C=O) groups excluding carboxylic acids is 1. The maximum atomic E-state index is 13.5. The smallest absolute Gasteiger partial charge is 0.267 e. The summed E-state index contributed by atoms with van der Waals surface area (Å²) in [5.41, 5.74) is 1.78. The minimum atomic E-state index is -0.204. The lowest BCUT2D eigenvalue weighted by Gasteiger charge is -2.34. The molecule has 10 heteroatoms. The molecule has 0 saturated carbocycles. The highest BCUT2D eigenvalue weighted by Gasteiger charge is 2.32. The minimum absolute atomic E-state index is 0.190. The lowest BCUT2D eigenvalue weighted by Crippen LogP contribution is -2.45. The van der Waals surface area contributed by atoms with Gasteiger partial charge in [0.05, 0.1) is 23.6 Å². The van der Waals surface area contributed by atoms with Gasteiger partial charge >= 0.3 is 0 Å². The van der Waals surface area contributed by atoms with Crippen LogP contribution in [-0.4, -0.2) is 82.9 Å². The van der Waals surface area contributed by atoms with E-state index in [1.807, 2.05) is 19.1 Å². The molecule has 4 rings (SSSR count). The zero-order chi connectivity index (χ0) is 22.1. The highest BCUT2D eigenvalue weighted by atomic mass is 32.2. The second-order valence-electron chi connectivity index (χ2n) is 7.71. The number of fused-ring (bicyclic) bond motifs is 1. The van der Waals surface area contributed by atoms with E-state index in [1.54, 1.807) is 23.8 Å². The van der Waals surface area contributed by atoms with Crippen molar-refractivity contribution in [3.63, 3.8) is 0 Å². The number of anilines is 1. The van der Waals surface area contributed by atoms with Gasteiger partial charge in [0.2, 0.25) is 0 Å². The molecule has 0 N–H and O–H groups in total. The Morgan fingerprint density at radius 2 is 1.97 bits per heavy atom. The van der Waals surface area contributed by atoms with Crippen molar-refractivity contribution in [2.45, 2.75) is 6.92 Å². The molecule has 1 amide bonds. The average Bonchev–Trinajstić information content (AvgIpc) is 3.02. The van der Waals surface area contributed by atoms with Gasteiger partial charge in [0.15, 0.2) is 0 Å². The molecule has 0 aliphatic carbocycles. The van der Waals surface area contributed by atoms with Crippen molar-refractivity contribution >= 4 is 51.7 Å². The SMILES string of the molecule is COCCN1C(=O)/C(=C\c2c(N3CCN(C)CC3)nc3ccc(C)cn3c2=O)SC1=S. The summed E-state index contributed by atoms with van der Waals surface area (Å²) >= 11 is 6.59. The summed E-state index contributed by atoms with van der Waals surface area (Å²) in [5, 5.41) is 0. The zero-order valence-electron chi connectivity index (χ0n) is 17.8. The number of ether oxygens (including phenoxy) is 1. The molecule has 164 valence electrons. The first-order chi connectivity index (χ1) is 14.9. The highest BCUT2D eigenvalue weighted by molar-refractivity contribution is 8.26. The number of pyridine rings is 1. The summed E-state index contributed by atoms with van der Waals surface area (Å²) in [7, 11) is 3.66. The van der Waals surface area contributed by atoms with E-state index in [1.165, 1.54) is 16.7 Å². The van der Waals surface area contributed by atoms with Gasteiger partial charge in [-0.3, -0.25) is 18.9 Å².